The molecule has 11 nitrogen and oxygen atoms in total. The van der Waals surface area contributed by atoms with E-state index in [4.69, 9.17) is 11.6 Å². The summed E-state index contributed by atoms with van der Waals surface area (Å²) in [6.45, 7) is 4.64. The summed E-state index contributed by atoms with van der Waals surface area (Å²) in [6.07, 6.45) is 6.18. The molecule has 0 aliphatic heterocycles. The van der Waals surface area contributed by atoms with Crippen LogP contribution in [0.1, 0.15) is 24.2 Å². The Morgan fingerprint density at radius 2 is 1.59 bits per heavy atom. The minimum absolute atomic E-state index is 0.153. The van der Waals surface area contributed by atoms with E-state index in [2.05, 4.69) is 31.2 Å². The number of halogens is 1. The number of nitrogens with zero attached hydrogens (tertiary/aromatic N) is 3. The maximum absolute atomic E-state index is 13.6. The fourth-order valence-corrected chi connectivity index (χ4v) is 6.81. The van der Waals surface area contributed by atoms with Crippen molar-refractivity contribution < 1.29 is 18.0 Å². The standard InChI is InChI=1S/C38H34ClN7O4S/c1-25(2)40-21-9-16-35(47)42-27-19-17-26(18-20-27)37(48)43-28-10-8-11-29(22-28)44-38-41-23-33(39)36(45-38)32-24-46(34-15-7-6-14-31(32)34)51(49,50)30-12-4-3-5-13-30/h3-20,22-25,40H,21H2,1-2H3,(H,42,47)(H,43,48)(H,41,44,45)/b16-9+. The highest BCUT2D eigenvalue weighted by Gasteiger charge is 2.23. The summed E-state index contributed by atoms with van der Waals surface area (Å²) in [6, 6.07) is 29.2. The van der Waals surface area contributed by atoms with E-state index < -0.39 is 10.0 Å². The number of para-hydroxylation sites is 1. The molecule has 6 rings (SSSR count). The molecule has 6 aromatic rings. The third-order valence-corrected chi connectivity index (χ3v) is 9.65. The number of amides is 2. The van der Waals surface area contributed by atoms with Crippen LogP contribution >= 0.6 is 11.6 Å². The first kappa shape index (κ1) is 35.0. The molecule has 0 radical (unpaired) electrons. The molecular formula is C38H34ClN7O4S. The molecule has 258 valence electrons. The predicted octanol–water partition coefficient (Wildman–Crippen LogP) is 7.48. The van der Waals surface area contributed by atoms with Gasteiger partial charge < -0.3 is 21.3 Å². The molecule has 51 heavy (non-hydrogen) atoms. The Labute approximate surface area is 300 Å². The Morgan fingerprint density at radius 1 is 0.863 bits per heavy atom. The number of aromatic nitrogens is 3. The minimum atomic E-state index is -3.91. The van der Waals surface area contributed by atoms with E-state index in [1.165, 1.54) is 22.4 Å². The van der Waals surface area contributed by atoms with Crippen LogP contribution in [0, 0.1) is 0 Å². The lowest BCUT2D eigenvalue weighted by molar-refractivity contribution is -0.111. The van der Waals surface area contributed by atoms with Crippen molar-refractivity contribution >= 4 is 67.4 Å². The summed E-state index contributed by atoms with van der Waals surface area (Å²) in [7, 11) is -3.91. The van der Waals surface area contributed by atoms with Crippen LogP contribution in [0.3, 0.4) is 0 Å². The van der Waals surface area contributed by atoms with Crippen LogP contribution in [-0.4, -0.2) is 46.8 Å². The van der Waals surface area contributed by atoms with Gasteiger partial charge in [-0.1, -0.05) is 74.0 Å². The Balaban J connectivity index is 1.17. The van der Waals surface area contributed by atoms with Gasteiger partial charge in [-0.3, -0.25) is 9.59 Å². The average molecular weight is 720 g/mol. The molecule has 2 heterocycles. The summed E-state index contributed by atoms with van der Waals surface area (Å²) in [4.78, 5) is 34.4. The summed E-state index contributed by atoms with van der Waals surface area (Å²) < 4.78 is 28.5. The number of nitrogens with one attached hydrogen (secondary N) is 4. The van der Waals surface area contributed by atoms with E-state index in [0.717, 1.165) is 0 Å². The van der Waals surface area contributed by atoms with Crippen molar-refractivity contribution in [1.29, 1.82) is 0 Å². The van der Waals surface area contributed by atoms with Crippen LogP contribution in [0.2, 0.25) is 5.02 Å². The lowest BCUT2D eigenvalue weighted by Crippen LogP contribution is -2.22. The van der Waals surface area contributed by atoms with Crippen LogP contribution in [0.5, 0.6) is 0 Å². The molecule has 0 aliphatic rings. The smallest absolute Gasteiger partial charge is 0.268 e. The minimum Gasteiger partial charge on any atom is -0.324 e. The molecule has 0 saturated carbocycles. The van der Waals surface area contributed by atoms with Crippen molar-refractivity contribution in [3.8, 4) is 11.3 Å². The summed E-state index contributed by atoms with van der Waals surface area (Å²) in [5, 5.41) is 12.9. The topological polar surface area (TPSA) is 147 Å². The normalized spacial score (nSPS) is 11.6. The van der Waals surface area contributed by atoms with Gasteiger partial charge in [0, 0.05) is 58.4 Å². The van der Waals surface area contributed by atoms with Crippen LogP contribution < -0.4 is 21.3 Å². The number of hydrogen-bond donors (Lipinski definition) is 4. The van der Waals surface area contributed by atoms with Crippen LogP contribution in [-0.2, 0) is 14.8 Å². The average Bonchev–Trinajstić information content (AvgIpc) is 3.52. The number of anilines is 4. The molecular weight excluding hydrogens is 686 g/mol. The van der Waals surface area contributed by atoms with Crippen molar-refractivity contribution in [2.24, 2.45) is 0 Å². The maximum atomic E-state index is 13.6. The second-order valence-corrected chi connectivity index (χ2v) is 14.0. The molecule has 0 aliphatic carbocycles. The Hall–Kier alpha value is -5.82. The van der Waals surface area contributed by atoms with Gasteiger partial charge in [0.15, 0.2) is 0 Å². The van der Waals surface area contributed by atoms with E-state index in [1.807, 2.05) is 26.0 Å². The zero-order valence-corrected chi connectivity index (χ0v) is 29.2. The number of hydrogen-bond acceptors (Lipinski definition) is 8. The highest BCUT2D eigenvalue weighted by Crippen LogP contribution is 2.36. The third-order valence-electron chi connectivity index (χ3n) is 7.68. The SMILES string of the molecule is CC(C)NC/C=C/C(=O)Nc1ccc(C(=O)Nc2cccc(Nc3ncc(Cl)c(-c4cn(S(=O)(=O)c5ccccc5)c5ccccc45)n3)c2)cc1. The Kier molecular flexibility index (Phi) is 10.6. The predicted molar refractivity (Wildman–Crippen MR) is 202 cm³/mol. The van der Waals surface area contributed by atoms with Gasteiger partial charge in [-0.25, -0.2) is 22.4 Å². The van der Waals surface area contributed by atoms with Gasteiger partial charge in [0.1, 0.15) is 0 Å². The molecule has 13 heteroatoms. The molecule has 0 saturated heterocycles. The molecule has 0 unspecified atom stereocenters. The highest BCUT2D eigenvalue weighted by atomic mass is 35.5. The van der Waals surface area contributed by atoms with E-state index in [1.54, 1.807) is 97.1 Å². The van der Waals surface area contributed by atoms with Crippen molar-refractivity contribution in [2.75, 3.05) is 22.5 Å². The monoisotopic (exact) mass is 719 g/mol. The van der Waals surface area contributed by atoms with Crippen molar-refractivity contribution in [1.82, 2.24) is 19.3 Å². The van der Waals surface area contributed by atoms with Crippen molar-refractivity contribution in [3.63, 3.8) is 0 Å². The first-order valence-electron chi connectivity index (χ1n) is 16.0. The second-order valence-electron chi connectivity index (χ2n) is 11.8. The number of carbonyl (C=O) groups excluding carboxylic acids is 2. The molecule has 4 N–H and O–H groups in total. The summed E-state index contributed by atoms with van der Waals surface area (Å²) in [5.41, 5.74) is 3.41. The van der Waals surface area contributed by atoms with E-state index in [0.29, 0.717) is 57.4 Å². The molecule has 0 spiro atoms. The van der Waals surface area contributed by atoms with E-state index >= 15 is 0 Å². The fourth-order valence-electron chi connectivity index (χ4n) is 5.23. The zero-order valence-electron chi connectivity index (χ0n) is 27.7. The Bertz CT molecular complexity index is 2340. The molecule has 0 fully saturated rings. The summed E-state index contributed by atoms with van der Waals surface area (Å²) >= 11 is 6.60. The molecule has 4 aromatic carbocycles. The Morgan fingerprint density at radius 3 is 2.35 bits per heavy atom. The third kappa shape index (κ3) is 8.32. The number of benzene rings is 4. The fraction of sp³-hybridized carbons (Fsp3) is 0.105. The quantitative estimate of drug-likeness (QED) is 0.0953. The van der Waals surface area contributed by atoms with Gasteiger partial charge >= 0.3 is 0 Å². The summed E-state index contributed by atoms with van der Waals surface area (Å²) in [5.74, 6) is -0.387. The van der Waals surface area contributed by atoms with Gasteiger partial charge in [0.05, 0.1) is 27.3 Å². The lowest BCUT2D eigenvalue weighted by atomic mass is 10.1. The van der Waals surface area contributed by atoms with Crippen LogP contribution in [0.25, 0.3) is 22.2 Å². The van der Waals surface area contributed by atoms with Crippen molar-refractivity contribution in [3.05, 3.63) is 138 Å². The molecule has 2 amide bonds. The van der Waals surface area contributed by atoms with Gasteiger partial charge in [0.25, 0.3) is 15.9 Å². The van der Waals surface area contributed by atoms with Crippen LogP contribution in [0.4, 0.5) is 23.0 Å². The maximum Gasteiger partial charge on any atom is 0.268 e. The van der Waals surface area contributed by atoms with Crippen molar-refractivity contribution in [2.45, 2.75) is 24.8 Å². The lowest BCUT2D eigenvalue weighted by Gasteiger charge is -2.11. The largest absolute Gasteiger partial charge is 0.324 e. The second kappa shape index (κ2) is 15.4. The molecule has 2 aromatic heterocycles. The molecule has 0 bridgehead atoms. The zero-order chi connectivity index (χ0) is 36.0. The first-order chi connectivity index (χ1) is 24.6. The number of fused-ring (bicyclic) bond motifs is 1. The van der Waals surface area contributed by atoms with Gasteiger partial charge in [0.2, 0.25) is 11.9 Å². The van der Waals surface area contributed by atoms with Gasteiger partial charge in [-0.05, 0) is 60.7 Å². The van der Waals surface area contributed by atoms with E-state index in [-0.39, 0.29) is 27.7 Å². The number of carbonyl (C=O) groups is 2. The first-order valence-corrected chi connectivity index (χ1v) is 17.8. The highest BCUT2D eigenvalue weighted by molar-refractivity contribution is 7.90. The van der Waals surface area contributed by atoms with Gasteiger partial charge in [-0.15, -0.1) is 0 Å². The van der Waals surface area contributed by atoms with Crippen LogP contribution in [0.15, 0.2) is 133 Å². The number of rotatable bonds is 12. The van der Waals surface area contributed by atoms with Gasteiger partial charge in [-0.2, -0.15) is 0 Å². The molecule has 0 atom stereocenters. The van der Waals surface area contributed by atoms with E-state index in [9.17, 15) is 18.0 Å².